The Kier molecular flexibility index (Phi) is 6.76. The average Bonchev–Trinajstić information content (AvgIpc) is 3.35. The second kappa shape index (κ2) is 10.5. The molecule has 0 bridgehead atoms. The second-order valence-electron chi connectivity index (χ2n) is 12.8. The minimum absolute atomic E-state index is 0.0927. The fraction of sp³-hybridized carbons (Fsp3) is 0.424. The van der Waals surface area contributed by atoms with Crippen LogP contribution in [0.2, 0.25) is 0 Å². The third kappa shape index (κ3) is 4.85. The molecule has 0 radical (unpaired) electrons. The standard InChI is InChI=1S/C33H39N7O2/c1-22-13-25(14-26(17-37(2)3)30(22)39-11-9-38(4)10-12-39)29-15-27-28(16-34-31(27)36-35-29)23-5-7-24(8-6-23)32(41)40-18-33(19-40)20-42-21-33/h5-8,13-16H,9-12,17-21H2,1-4H3,(H,34,36). The Hall–Kier alpha value is -3.79. The molecular formula is C33H39N7O2. The summed E-state index contributed by atoms with van der Waals surface area (Å²) in [7, 11) is 6.44. The molecule has 0 aliphatic carbocycles. The molecular weight excluding hydrogens is 526 g/mol. The molecule has 2 aromatic carbocycles. The minimum Gasteiger partial charge on any atom is -0.380 e. The van der Waals surface area contributed by atoms with E-state index in [4.69, 9.17) is 4.74 Å². The number of likely N-dealkylation sites (N-methyl/N-ethyl adjacent to an activating group) is 1. The SMILES string of the molecule is Cc1cc(-c2cc3c(-c4ccc(C(=O)N5CC6(COC6)C5)cc4)c[nH]c3nn2)cc(CN(C)C)c1N1CCN(C)CC1. The number of H-pyrrole nitrogens is 1. The molecule has 3 fully saturated rings. The number of piperazine rings is 1. The number of anilines is 1. The Bertz CT molecular complexity index is 1620. The van der Waals surface area contributed by atoms with Crippen molar-refractivity contribution in [2.75, 3.05) is 78.5 Å². The van der Waals surface area contributed by atoms with Crippen molar-refractivity contribution in [1.82, 2.24) is 29.9 Å². The van der Waals surface area contributed by atoms with Crippen LogP contribution in [0, 0.1) is 12.3 Å². The van der Waals surface area contributed by atoms with E-state index < -0.39 is 0 Å². The summed E-state index contributed by atoms with van der Waals surface area (Å²) in [5.41, 5.74) is 9.64. The number of aryl methyl sites for hydroxylation is 1. The smallest absolute Gasteiger partial charge is 0.253 e. The van der Waals surface area contributed by atoms with Crippen LogP contribution in [0.4, 0.5) is 5.69 Å². The van der Waals surface area contributed by atoms with Gasteiger partial charge in [0.1, 0.15) is 0 Å². The van der Waals surface area contributed by atoms with E-state index in [1.807, 2.05) is 35.4 Å². The van der Waals surface area contributed by atoms with Gasteiger partial charge in [0.15, 0.2) is 5.65 Å². The first-order valence-electron chi connectivity index (χ1n) is 14.8. The van der Waals surface area contributed by atoms with Crippen molar-refractivity contribution in [2.24, 2.45) is 5.41 Å². The molecule has 0 atom stereocenters. The Morgan fingerprint density at radius 2 is 1.74 bits per heavy atom. The van der Waals surface area contributed by atoms with Crippen molar-refractivity contribution in [3.63, 3.8) is 0 Å². The van der Waals surface area contributed by atoms with Crippen LogP contribution in [0.5, 0.6) is 0 Å². The highest BCUT2D eigenvalue weighted by Gasteiger charge is 2.50. The molecule has 3 saturated heterocycles. The van der Waals surface area contributed by atoms with E-state index in [1.54, 1.807) is 0 Å². The van der Waals surface area contributed by atoms with E-state index >= 15 is 0 Å². The van der Waals surface area contributed by atoms with Gasteiger partial charge in [0, 0.05) is 79.8 Å². The van der Waals surface area contributed by atoms with Crippen molar-refractivity contribution in [3.05, 3.63) is 65.4 Å². The number of carbonyl (C=O) groups is 1. The van der Waals surface area contributed by atoms with Crippen LogP contribution in [0.1, 0.15) is 21.5 Å². The number of ether oxygens (including phenoxy) is 1. The van der Waals surface area contributed by atoms with Gasteiger partial charge in [-0.05, 0) is 75.1 Å². The molecule has 1 spiro atoms. The van der Waals surface area contributed by atoms with Crippen LogP contribution in [0.15, 0.2) is 48.7 Å². The highest BCUT2D eigenvalue weighted by molar-refractivity contribution is 5.98. The van der Waals surface area contributed by atoms with Crippen molar-refractivity contribution in [2.45, 2.75) is 13.5 Å². The molecule has 42 heavy (non-hydrogen) atoms. The molecule has 218 valence electrons. The van der Waals surface area contributed by atoms with Crippen LogP contribution in [0.25, 0.3) is 33.4 Å². The Balaban J connectivity index is 1.17. The zero-order valence-electron chi connectivity index (χ0n) is 25.0. The zero-order valence-corrected chi connectivity index (χ0v) is 25.0. The van der Waals surface area contributed by atoms with Crippen LogP contribution < -0.4 is 4.90 Å². The van der Waals surface area contributed by atoms with E-state index in [9.17, 15) is 4.79 Å². The zero-order chi connectivity index (χ0) is 29.0. The summed E-state index contributed by atoms with van der Waals surface area (Å²) in [5, 5.41) is 10.2. The first-order valence-corrected chi connectivity index (χ1v) is 14.8. The summed E-state index contributed by atoms with van der Waals surface area (Å²) in [6.45, 7) is 10.4. The second-order valence-corrected chi connectivity index (χ2v) is 12.8. The molecule has 1 amide bonds. The topological polar surface area (TPSA) is 80.8 Å². The largest absolute Gasteiger partial charge is 0.380 e. The highest BCUT2D eigenvalue weighted by atomic mass is 16.5. The summed E-state index contributed by atoms with van der Waals surface area (Å²) in [6.07, 6.45) is 1.98. The fourth-order valence-electron chi connectivity index (χ4n) is 6.70. The number of fused-ring (bicyclic) bond motifs is 1. The van der Waals surface area contributed by atoms with Crippen molar-refractivity contribution >= 4 is 22.6 Å². The van der Waals surface area contributed by atoms with Gasteiger partial charge in [-0.3, -0.25) is 4.79 Å². The van der Waals surface area contributed by atoms with Crippen LogP contribution in [-0.2, 0) is 11.3 Å². The molecule has 3 aliphatic rings. The lowest BCUT2D eigenvalue weighted by Gasteiger charge is -2.54. The number of benzene rings is 2. The molecule has 4 aromatic rings. The summed E-state index contributed by atoms with van der Waals surface area (Å²) in [6, 6.07) is 14.6. The molecule has 1 N–H and O–H groups in total. The number of amides is 1. The van der Waals surface area contributed by atoms with Gasteiger partial charge in [-0.15, -0.1) is 10.2 Å². The van der Waals surface area contributed by atoms with E-state index in [1.165, 1.54) is 16.8 Å². The van der Waals surface area contributed by atoms with Crippen molar-refractivity contribution < 1.29 is 9.53 Å². The summed E-state index contributed by atoms with van der Waals surface area (Å²) >= 11 is 0. The van der Waals surface area contributed by atoms with E-state index in [0.717, 1.165) is 98.0 Å². The highest BCUT2D eigenvalue weighted by Crippen LogP contribution is 2.39. The molecule has 0 saturated carbocycles. The fourth-order valence-corrected chi connectivity index (χ4v) is 6.70. The van der Waals surface area contributed by atoms with Gasteiger partial charge in [-0.1, -0.05) is 12.1 Å². The number of aromatic nitrogens is 3. The number of hydrogen-bond donors (Lipinski definition) is 1. The monoisotopic (exact) mass is 565 g/mol. The summed E-state index contributed by atoms with van der Waals surface area (Å²) < 4.78 is 5.35. The van der Waals surface area contributed by atoms with Crippen LogP contribution >= 0.6 is 0 Å². The third-order valence-corrected chi connectivity index (χ3v) is 9.02. The predicted octanol–water partition coefficient (Wildman–Crippen LogP) is 3.89. The molecule has 9 heteroatoms. The number of likely N-dealkylation sites (tertiary alicyclic amines) is 1. The number of nitrogens with zero attached hydrogens (tertiary/aromatic N) is 6. The van der Waals surface area contributed by atoms with Gasteiger partial charge in [0.25, 0.3) is 5.91 Å². The molecule has 7 rings (SSSR count). The number of nitrogens with one attached hydrogen (secondary N) is 1. The third-order valence-electron chi connectivity index (χ3n) is 9.02. The molecule has 2 aromatic heterocycles. The minimum atomic E-state index is 0.0927. The van der Waals surface area contributed by atoms with Gasteiger partial charge in [-0.25, -0.2) is 0 Å². The molecule has 3 aliphatic heterocycles. The van der Waals surface area contributed by atoms with Crippen molar-refractivity contribution in [3.8, 4) is 22.4 Å². The lowest BCUT2D eigenvalue weighted by atomic mass is 9.78. The number of carbonyl (C=O) groups excluding carboxylic acids is 1. The normalized spacial score (nSPS) is 18.5. The van der Waals surface area contributed by atoms with E-state index in [2.05, 4.69) is 76.1 Å². The number of aromatic amines is 1. The van der Waals surface area contributed by atoms with E-state index in [-0.39, 0.29) is 11.3 Å². The first kappa shape index (κ1) is 27.1. The lowest BCUT2D eigenvalue weighted by molar-refractivity contribution is -0.176. The van der Waals surface area contributed by atoms with Crippen molar-refractivity contribution in [1.29, 1.82) is 0 Å². The van der Waals surface area contributed by atoms with E-state index in [0.29, 0.717) is 0 Å². The van der Waals surface area contributed by atoms with Crippen LogP contribution in [0.3, 0.4) is 0 Å². The molecule has 9 nitrogen and oxygen atoms in total. The number of hydrogen-bond acceptors (Lipinski definition) is 7. The van der Waals surface area contributed by atoms with Gasteiger partial charge in [0.05, 0.1) is 24.3 Å². The maximum absolute atomic E-state index is 13.0. The average molecular weight is 566 g/mol. The maximum Gasteiger partial charge on any atom is 0.253 e. The summed E-state index contributed by atoms with van der Waals surface area (Å²) in [4.78, 5) is 25.3. The number of rotatable bonds is 6. The van der Waals surface area contributed by atoms with Gasteiger partial charge in [0.2, 0.25) is 0 Å². The molecule has 0 unspecified atom stereocenters. The van der Waals surface area contributed by atoms with Gasteiger partial charge < -0.3 is 29.3 Å². The Morgan fingerprint density at radius 1 is 1.00 bits per heavy atom. The lowest BCUT2D eigenvalue weighted by Crippen LogP contribution is -2.67. The summed E-state index contributed by atoms with van der Waals surface area (Å²) in [5.74, 6) is 0.0927. The van der Waals surface area contributed by atoms with Gasteiger partial charge >= 0.3 is 0 Å². The van der Waals surface area contributed by atoms with Gasteiger partial charge in [-0.2, -0.15) is 0 Å². The first-order chi connectivity index (χ1) is 20.3. The quantitative estimate of drug-likeness (QED) is 0.380. The Labute approximate surface area is 247 Å². The Morgan fingerprint density at radius 3 is 2.40 bits per heavy atom. The maximum atomic E-state index is 13.0. The van der Waals surface area contributed by atoms with Crippen LogP contribution in [-0.4, -0.2) is 109 Å². The predicted molar refractivity (Wildman–Crippen MR) is 166 cm³/mol. The molecule has 5 heterocycles.